The minimum atomic E-state index is 0.673. The number of hydrogen-bond acceptors (Lipinski definition) is 8. The highest BCUT2D eigenvalue weighted by atomic mass is 32.2. The fraction of sp³-hybridized carbons (Fsp3) is 0. The van der Waals surface area contributed by atoms with Crippen LogP contribution in [0.25, 0.3) is 20.4 Å². The SMILES string of the molecule is C(=NNc1nc2ccccc2s1)c1ccc(Sc2nc3ccccc3s2)o1. The summed E-state index contributed by atoms with van der Waals surface area (Å²) in [7, 11) is 0. The lowest BCUT2D eigenvalue weighted by molar-refractivity contribution is 0.469. The Kier molecular flexibility index (Phi) is 4.36. The van der Waals surface area contributed by atoms with Crippen molar-refractivity contribution in [2.75, 3.05) is 5.43 Å². The van der Waals surface area contributed by atoms with Crippen LogP contribution < -0.4 is 5.43 Å². The minimum Gasteiger partial charge on any atom is -0.448 e. The van der Waals surface area contributed by atoms with E-state index in [1.807, 2.05) is 54.6 Å². The number of hydrogen-bond donors (Lipinski definition) is 1. The van der Waals surface area contributed by atoms with Crippen LogP contribution in [0.4, 0.5) is 5.13 Å². The van der Waals surface area contributed by atoms with Crippen LogP contribution in [-0.2, 0) is 0 Å². The maximum Gasteiger partial charge on any atom is 0.204 e. The first-order valence-corrected chi connectivity index (χ1v) is 10.6. The summed E-state index contributed by atoms with van der Waals surface area (Å²) >= 11 is 4.74. The van der Waals surface area contributed by atoms with Crippen molar-refractivity contribution < 1.29 is 4.42 Å². The Morgan fingerprint density at radius 1 is 0.889 bits per heavy atom. The van der Waals surface area contributed by atoms with Crippen LogP contribution in [0.1, 0.15) is 5.76 Å². The zero-order chi connectivity index (χ0) is 18.1. The van der Waals surface area contributed by atoms with Gasteiger partial charge in [0.1, 0.15) is 5.76 Å². The molecule has 27 heavy (non-hydrogen) atoms. The third-order valence-corrected chi connectivity index (χ3v) is 6.67. The van der Waals surface area contributed by atoms with Gasteiger partial charge in [-0.25, -0.2) is 9.97 Å². The van der Waals surface area contributed by atoms with E-state index in [2.05, 4.69) is 26.6 Å². The summed E-state index contributed by atoms with van der Waals surface area (Å²) in [6.07, 6.45) is 1.65. The van der Waals surface area contributed by atoms with Gasteiger partial charge in [0.2, 0.25) is 5.13 Å². The van der Waals surface area contributed by atoms with Gasteiger partial charge >= 0.3 is 0 Å². The van der Waals surface area contributed by atoms with Crippen LogP contribution in [0.2, 0.25) is 0 Å². The second-order valence-electron chi connectivity index (χ2n) is 5.56. The summed E-state index contributed by atoms with van der Waals surface area (Å²) in [6.45, 7) is 0. The monoisotopic (exact) mass is 408 g/mol. The van der Waals surface area contributed by atoms with E-state index in [-0.39, 0.29) is 0 Å². The molecule has 132 valence electrons. The molecule has 0 aliphatic carbocycles. The fourth-order valence-corrected chi connectivity index (χ4v) is 5.30. The van der Waals surface area contributed by atoms with Crippen molar-refractivity contribution in [1.82, 2.24) is 9.97 Å². The minimum absolute atomic E-state index is 0.673. The Bertz CT molecular complexity index is 1190. The number of nitrogens with one attached hydrogen (secondary N) is 1. The number of aromatic nitrogens is 2. The predicted octanol–water partition coefficient (Wildman–Crippen LogP) is 6.10. The Morgan fingerprint density at radius 3 is 2.41 bits per heavy atom. The molecule has 0 fully saturated rings. The second kappa shape index (κ2) is 7.15. The predicted molar refractivity (Wildman–Crippen MR) is 113 cm³/mol. The lowest BCUT2D eigenvalue weighted by Gasteiger charge is -1.92. The molecule has 0 aliphatic rings. The molecule has 5 rings (SSSR count). The van der Waals surface area contributed by atoms with Crippen molar-refractivity contribution >= 4 is 66.2 Å². The number of fused-ring (bicyclic) bond motifs is 2. The van der Waals surface area contributed by atoms with Crippen molar-refractivity contribution in [2.45, 2.75) is 9.43 Å². The maximum atomic E-state index is 5.80. The summed E-state index contributed by atoms with van der Waals surface area (Å²) in [5.74, 6) is 0.673. The average molecular weight is 409 g/mol. The molecular weight excluding hydrogens is 396 g/mol. The average Bonchev–Trinajstić information content (AvgIpc) is 3.39. The normalized spacial score (nSPS) is 11.7. The first-order valence-electron chi connectivity index (χ1n) is 8.11. The summed E-state index contributed by atoms with van der Waals surface area (Å²) in [5.41, 5.74) is 4.94. The van der Waals surface area contributed by atoms with Crippen LogP contribution in [0, 0.1) is 0 Å². The second-order valence-corrected chi connectivity index (χ2v) is 8.88. The first-order chi connectivity index (χ1) is 13.3. The summed E-state index contributed by atoms with van der Waals surface area (Å²) in [4.78, 5) is 9.09. The molecule has 1 N–H and O–H groups in total. The number of benzene rings is 2. The number of rotatable bonds is 5. The molecule has 0 amide bonds. The van der Waals surface area contributed by atoms with Gasteiger partial charge in [0, 0.05) is 0 Å². The number of anilines is 1. The summed E-state index contributed by atoms with van der Waals surface area (Å²) < 4.78 is 9.07. The van der Waals surface area contributed by atoms with Gasteiger partial charge in [-0.15, -0.1) is 11.3 Å². The zero-order valence-corrected chi connectivity index (χ0v) is 16.3. The standard InChI is InChI=1S/C19H12N4OS3/c1-3-7-15-13(5-1)21-18(25-15)23-20-11-12-9-10-17(24-12)27-19-22-14-6-2-4-8-16(14)26-19/h1-11H,(H,21,23). The molecule has 3 heterocycles. The van der Waals surface area contributed by atoms with E-state index >= 15 is 0 Å². The number of nitrogens with zero attached hydrogens (tertiary/aromatic N) is 3. The van der Waals surface area contributed by atoms with Gasteiger partial charge in [0.15, 0.2) is 9.43 Å². The van der Waals surface area contributed by atoms with E-state index in [1.54, 1.807) is 28.9 Å². The number of hydrazone groups is 1. The third-order valence-electron chi connectivity index (χ3n) is 3.71. The van der Waals surface area contributed by atoms with Crippen LogP contribution >= 0.6 is 34.4 Å². The molecule has 3 aromatic heterocycles. The van der Waals surface area contributed by atoms with Gasteiger partial charge in [0.25, 0.3) is 0 Å². The van der Waals surface area contributed by atoms with Gasteiger partial charge in [-0.2, -0.15) is 5.10 Å². The number of thiazole rings is 2. The van der Waals surface area contributed by atoms with Gasteiger partial charge in [-0.05, 0) is 48.2 Å². The van der Waals surface area contributed by atoms with Crippen molar-refractivity contribution in [3.8, 4) is 0 Å². The van der Waals surface area contributed by atoms with E-state index in [0.717, 1.165) is 30.3 Å². The molecule has 5 aromatic rings. The van der Waals surface area contributed by atoms with Crippen LogP contribution in [-0.4, -0.2) is 16.2 Å². The van der Waals surface area contributed by atoms with Gasteiger partial charge in [-0.1, -0.05) is 35.6 Å². The van der Waals surface area contributed by atoms with Crippen LogP contribution in [0.3, 0.4) is 0 Å². The van der Waals surface area contributed by atoms with Crippen LogP contribution in [0.5, 0.6) is 0 Å². The quantitative estimate of drug-likeness (QED) is 0.281. The van der Waals surface area contributed by atoms with Crippen molar-refractivity contribution in [1.29, 1.82) is 0 Å². The Hall–Kier alpha value is -2.68. The van der Waals surface area contributed by atoms with Crippen molar-refractivity contribution in [2.24, 2.45) is 5.10 Å². The Balaban J connectivity index is 1.26. The number of para-hydroxylation sites is 2. The molecule has 0 unspecified atom stereocenters. The Labute approximate surface area is 166 Å². The molecule has 0 bridgehead atoms. The lowest BCUT2D eigenvalue weighted by atomic mass is 10.3. The Morgan fingerprint density at radius 2 is 1.63 bits per heavy atom. The molecule has 0 radical (unpaired) electrons. The first kappa shape index (κ1) is 16.5. The molecule has 0 atom stereocenters. The maximum absolute atomic E-state index is 5.80. The summed E-state index contributed by atoms with van der Waals surface area (Å²) in [5, 5.41) is 5.76. The fourth-order valence-electron chi connectivity index (χ4n) is 2.51. The van der Waals surface area contributed by atoms with Gasteiger partial charge < -0.3 is 4.42 Å². The third kappa shape index (κ3) is 3.59. The topological polar surface area (TPSA) is 63.3 Å². The highest BCUT2D eigenvalue weighted by molar-refractivity contribution is 8.01. The van der Waals surface area contributed by atoms with Gasteiger partial charge in [0.05, 0.1) is 26.6 Å². The molecule has 5 nitrogen and oxygen atoms in total. The van der Waals surface area contributed by atoms with Crippen LogP contribution in [0.15, 0.2) is 79.6 Å². The smallest absolute Gasteiger partial charge is 0.204 e. The molecule has 0 saturated heterocycles. The van der Waals surface area contributed by atoms with Crippen molar-refractivity contribution in [3.05, 3.63) is 66.4 Å². The molecule has 0 aliphatic heterocycles. The molecule has 0 spiro atoms. The number of furan rings is 1. The summed E-state index contributed by atoms with van der Waals surface area (Å²) in [6, 6.07) is 19.9. The van der Waals surface area contributed by atoms with E-state index in [4.69, 9.17) is 4.42 Å². The molecule has 8 heteroatoms. The van der Waals surface area contributed by atoms with E-state index < -0.39 is 0 Å². The van der Waals surface area contributed by atoms with Gasteiger partial charge in [-0.3, -0.25) is 5.43 Å². The van der Waals surface area contributed by atoms with E-state index in [1.165, 1.54) is 16.5 Å². The van der Waals surface area contributed by atoms with E-state index in [0.29, 0.717) is 5.76 Å². The van der Waals surface area contributed by atoms with Crippen molar-refractivity contribution in [3.63, 3.8) is 0 Å². The molecule has 2 aromatic carbocycles. The highest BCUT2D eigenvalue weighted by Gasteiger charge is 2.08. The lowest BCUT2D eigenvalue weighted by Crippen LogP contribution is -1.88. The molecular formula is C19H12N4OS3. The largest absolute Gasteiger partial charge is 0.448 e. The highest BCUT2D eigenvalue weighted by Crippen LogP contribution is 2.35. The molecule has 0 saturated carbocycles. The zero-order valence-electron chi connectivity index (χ0n) is 13.8. The van der Waals surface area contributed by atoms with E-state index in [9.17, 15) is 0 Å².